The number of nitrogens with zero attached hydrogens (tertiary/aromatic N) is 1. The molecule has 0 aromatic carbocycles. The van der Waals surface area contributed by atoms with E-state index in [1.54, 1.807) is 0 Å². The van der Waals surface area contributed by atoms with Gasteiger partial charge in [0.15, 0.2) is 0 Å². The molecule has 0 aliphatic heterocycles. The summed E-state index contributed by atoms with van der Waals surface area (Å²) < 4.78 is 0. The third kappa shape index (κ3) is 2.34. The van der Waals surface area contributed by atoms with Crippen molar-refractivity contribution in [2.45, 2.75) is 39.5 Å². The first-order valence-electron chi connectivity index (χ1n) is 4.16. The zero-order chi connectivity index (χ0) is 8.43. The average molecular weight is 169 g/mol. The minimum atomic E-state index is 0. The van der Waals surface area contributed by atoms with Crippen molar-refractivity contribution >= 4 is 0 Å². The Morgan fingerprint density at radius 2 is 1.75 bits per heavy atom. The van der Waals surface area contributed by atoms with Crippen LogP contribution in [-0.4, -0.2) is 9.97 Å². The van der Waals surface area contributed by atoms with Crippen LogP contribution >= 0.6 is 0 Å². The molecule has 12 heavy (non-hydrogen) atoms. The van der Waals surface area contributed by atoms with Crippen LogP contribution in [0.1, 0.15) is 51.0 Å². The number of nitrogens with one attached hydrogen (secondary N) is 1. The highest BCUT2D eigenvalue weighted by Gasteiger charge is 2.06. The average Bonchev–Trinajstić information content (AvgIpc) is 2.33. The molecule has 70 valence electrons. The lowest BCUT2D eigenvalue weighted by Crippen LogP contribution is -1.91. The van der Waals surface area contributed by atoms with Gasteiger partial charge in [-0.2, -0.15) is 0 Å². The van der Waals surface area contributed by atoms with E-state index in [1.165, 1.54) is 0 Å². The van der Waals surface area contributed by atoms with Crippen molar-refractivity contribution in [1.82, 2.24) is 16.1 Å². The third-order valence-electron chi connectivity index (χ3n) is 1.76. The van der Waals surface area contributed by atoms with Gasteiger partial charge in [0.2, 0.25) is 0 Å². The summed E-state index contributed by atoms with van der Waals surface area (Å²) in [6, 6.07) is 0. The van der Waals surface area contributed by atoms with E-state index >= 15 is 0 Å². The molecule has 0 spiro atoms. The van der Waals surface area contributed by atoms with Crippen LogP contribution < -0.4 is 6.15 Å². The van der Waals surface area contributed by atoms with Crippen LogP contribution in [0.5, 0.6) is 0 Å². The standard InChI is InChI=1S/C9H16N2.H3N/c1-6(2)8-5-10-9(11-8)7(3)4;/h5-7H,1-4H3,(H,10,11);1H3. The molecule has 0 amide bonds. The smallest absolute Gasteiger partial charge is 0.108 e. The zero-order valence-corrected chi connectivity index (χ0v) is 8.39. The zero-order valence-electron chi connectivity index (χ0n) is 8.39. The Balaban J connectivity index is 0.00000121. The molecule has 0 saturated heterocycles. The molecule has 0 aliphatic rings. The van der Waals surface area contributed by atoms with Crippen LogP contribution in [0.15, 0.2) is 6.20 Å². The Kier molecular flexibility index (Phi) is 3.96. The molecule has 1 heterocycles. The highest BCUT2D eigenvalue weighted by molar-refractivity contribution is 5.07. The van der Waals surface area contributed by atoms with E-state index < -0.39 is 0 Å². The second-order valence-electron chi connectivity index (χ2n) is 3.52. The van der Waals surface area contributed by atoms with E-state index in [2.05, 4.69) is 37.7 Å². The predicted octanol–water partition coefficient (Wildman–Crippen LogP) is 2.82. The highest BCUT2D eigenvalue weighted by atomic mass is 14.9. The third-order valence-corrected chi connectivity index (χ3v) is 1.76. The first kappa shape index (κ1) is 11.2. The van der Waals surface area contributed by atoms with Gasteiger partial charge in [-0.3, -0.25) is 0 Å². The molecule has 1 rings (SSSR count). The van der Waals surface area contributed by atoms with Crippen molar-refractivity contribution < 1.29 is 0 Å². The second-order valence-corrected chi connectivity index (χ2v) is 3.52. The van der Waals surface area contributed by atoms with Crippen LogP contribution in [0.25, 0.3) is 0 Å². The molecule has 4 N–H and O–H groups in total. The Morgan fingerprint density at radius 1 is 1.17 bits per heavy atom. The van der Waals surface area contributed by atoms with Gasteiger partial charge < -0.3 is 11.1 Å². The van der Waals surface area contributed by atoms with E-state index in [0.29, 0.717) is 11.8 Å². The number of imidazole rings is 1. The maximum absolute atomic E-state index is 4.45. The maximum atomic E-state index is 4.45. The largest absolute Gasteiger partial charge is 0.348 e. The molecule has 3 heteroatoms. The summed E-state index contributed by atoms with van der Waals surface area (Å²) >= 11 is 0. The summed E-state index contributed by atoms with van der Waals surface area (Å²) in [7, 11) is 0. The van der Waals surface area contributed by atoms with Crippen molar-refractivity contribution in [3.8, 4) is 0 Å². The van der Waals surface area contributed by atoms with Gasteiger partial charge in [0.05, 0.1) is 5.69 Å². The summed E-state index contributed by atoms with van der Waals surface area (Å²) in [4.78, 5) is 7.63. The molecule has 0 unspecified atom stereocenters. The quantitative estimate of drug-likeness (QED) is 0.715. The lowest BCUT2D eigenvalue weighted by atomic mass is 10.1. The lowest BCUT2D eigenvalue weighted by Gasteiger charge is -1.98. The summed E-state index contributed by atoms with van der Waals surface area (Å²) in [5.41, 5.74) is 1.16. The number of aromatic amines is 1. The van der Waals surface area contributed by atoms with Crippen LogP contribution in [0, 0.1) is 0 Å². The highest BCUT2D eigenvalue weighted by Crippen LogP contribution is 2.15. The number of H-pyrrole nitrogens is 1. The molecule has 1 aromatic heterocycles. The lowest BCUT2D eigenvalue weighted by molar-refractivity contribution is 0.771. The summed E-state index contributed by atoms with van der Waals surface area (Å²) in [6.45, 7) is 8.59. The monoisotopic (exact) mass is 169 g/mol. The summed E-state index contributed by atoms with van der Waals surface area (Å²) in [5, 5.41) is 0. The van der Waals surface area contributed by atoms with E-state index in [9.17, 15) is 0 Å². The minimum Gasteiger partial charge on any atom is -0.348 e. The van der Waals surface area contributed by atoms with Crippen molar-refractivity contribution in [3.05, 3.63) is 17.7 Å². The topological polar surface area (TPSA) is 63.7 Å². The van der Waals surface area contributed by atoms with Crippen molar-refractivity contribution in [1.29, 1.82) is 0 Å². The number of hydrogen-bond acceptors (Lipinski definition) is 2. The Hall–Kier alpha value is -0.830. The molecule has 0 aliphatic carbocycles. The summed E-state index contributed by atoms with van der Waals surface area (Å²) in [5.74, 6) is 2.12. The van der Waals surface area contributed by atoms with Crippen LogP contribution in [-0.2, 0) is 0 Å². The van der Waals surface area contributed by atoms with Gasteiger partial charge in [-0.25, -0.2) is 4.98 Å². The van der Waals surface area contributed by atoms with Gasteiger partial charge in [-0.05, 0) is 5.92 Å². The molecule has 0 bridgehead atoms. The van der Waals surface area contributed by atoms with Gasteiger partial charge in [-0.15, -0.1) is 0 Å². The van der Waals surface area contributed by atoms with Crippen LogP contribution in [0.2, 0.25) is 0 Å². The Labute approximate surface area is 74.2 Å². The number of hydrogen-bond donors (Lipinski definition) is 2. The second kappa shape index (κ2) is 4.26. The van der Waals surface area contributed by atoms with Gasteiger partial charge in [0.25, 0.3) is 0 Å². The fourth-order valence-electron chi connectivity index (χ4n) is 0.943. The van der Waals surface area contributed by atoms with E-state index in [4.69, 9.17) is 0 Å². The van der Waals surface area contributed by atoms with E-state index in [1.807, 2.05) is 6.20 Å². The minimum absolute atomic E-state index is 0. The summed E-state index contributed by atoms with van der Waals surface area (Å²) in [6.07, 6.45) is 2.00. The molecule has 0 fully saturated rings. The normalized spacial score (nSPS) is 10.5. The number of aromatic nitrogens is 2. The van der Waals surface area contributed by atoms with Crippen molar-refractivity contribution in [2.24, 2.45) is 0 Å². The van der Waals surface area contributed by atoms with Gasteiger partial charge in [0, 0.05) is 12.1 Å². The fraction of sp³-hybridized carbons (Fsp3) is 0.667. The van der Waals surface area contributed by atoms with Gasteiger partial charge in [0.1, 0.15) is 5.82 Å². The molecule has 1 aromatic rings. The van der Waals surface area contributed by atoms with Crippen molar-refractivity contribution in [3.63, 3.8) is 0 Å². The van der Waals surface area contributed by atoms with E-state index in [0.717, 1.165) is 11.5 Å². The molecular formula is C9H19N3. The van der Waals surface area contributed by atoms with Gasteiger partial charge >= 0.3 is 0 Å². The first-order chi connectivity index (χ1) is 5.11. The molecule has 0 radical (unpaired) electrons. The Bertz CT molecular complexity index is 203. The molecular weight excluding hydrogens is 150 g/mol. The molecule has 0 atom stereocenters. The van der Waals surface area contributed by atoms with Gasteiger partial charge in [-0.1, -0.05) is 27.7 Å². The van der Waals surface area contributed by atoms with Crippen LogP contribution in [0.4, 0.5) is 0 Å². The predicted molar refractivity (Wildman–Crippen MR) is 51.8 cm³/mol. The SMILES string of the molecule is CC(C)c1c[nH]c(C(C)C)n1.N. The fourth-order valence-corrected chi connectivity index (χ4v) is 0.943. The maximum Gasteiger partial charge on any atom is 0.108 e. The first-order valence-corrected chi connectivity index (χ1v) is 4.16. The van der Waals surface area contributed by atoms with Crippen molar-refractivity contribution in [2.75, 3.05) is 0 Å². The Morgan fingerprint density at radius 3 is 2.00 bits per heavy atom. The molecule has 0 saturated carbocycles. The van der Waals surface area contributed by atoms with Crippen LogP contribution in [0.3, 0.4) is 0 Å². The molecule has 3 nitrogen and oxygen atoms in total. The van der Waals surface area contributed by atoms with E-state index in [-0.39, 0.29) is 6.15 Å². The number of rotatable bonds is 2.